The number of nitrogens with one attached hydrogen (secondary N) is 1. The average molecular weight is 376 g/mol. The smallest absolute Gasteiger partial charge is 0.246 e. The second-order valence-corrected chi connectivity index (χ2v) is 6.61. The number of anilines is 1. The summed E-state index contributed by atoms with van der Waals surface area (Å²) in [5.41, 5.74) is 3.74. The molecule has 0 saturated heterocycles. The molecule has 1 N–H and O–H groups in total. The lowest BCUT2D eigenvalue weighted by Gasteiger charge is -2.18. The highest BCUT2D eigenvalue weighted by Gasteiger charge is 2.16. The Morgan fingerprint density at radius 2 is 1.86 bits per heavy atom. The number of aromatic nitrogens is 2. The highest BCUT2D eigenvalue weighted by atomic mass is 16.2. The molecule has 1 heterocycles. The largest absolute Gasteiger partial charge is 0.334 e. The predicted octanol–water partition coefficient (Wildman–Crippen LogP) is 3.65. The number of rotatable bonds is 6. The van der Waals surface area contributed by atoms with Crippen molar-refractivity contribution in [1.29, 1.82) is 0 Å². The van der Waals surface area contributed by atoms with Gasteiger partial charge in [0.05, 0.1) is 12.2 Å². The van der Waals surface area contributed by atoms with Crippen molar-refractivity contribution < 1.29 is 9.59 Å². The number of benzene rings is 2. The second-order valence-electron chi connectivity index (χ2n) is 6.61. The zero-order chi connectivity index (χ0) is 20.1. The van der Waals surface area contributed by atoms with Crippen LogP contribution in [0.3, 0.4) is 0 Å². The van der Waals surface area contributed by atoms with Crippen molar-refractivity contribution in [3.8, 4) is 16.9 Å². The van der Waals surface area contributed by atoms with Gasteiger partial charge in [0.25, 0.3) is 0 Å². The SMILES string of the molecule is CCN(CC(=O)Nc1nc(-c2ccccc2)cn1-c1cccc(C)c1)C(C)=O. The van der Waals surface area contributed by atoms with Gasteiger partial charge in [-0.1, -0.05) is 42.5 Å². The average Bonchev–Trinajstić information content (AvgIpc) is 3.10. The third kappa shape index (κ3) is 4.46. The van der Waals surface area contributed by atoms with E-state index < -0.39 is 0 Å². The van der Waals surface area contributed by atoms with E-state index in [4.69, 9.17) is 0 Å². The van der Waals surface area contributed by atoms with Crippen LogP contribution in [0.2, 0.25) is 0 Å². The van der Waals surface area contributed by atoms with Crippen LogP contribution in [0.1, 0.15) is 19.4 Å². The lowest BCUT2D eigenvalue weighted by molar-refractivity contribution is -0.132. The zero-order valence-electron chi connectivity index (χ0n) is 16.3. The first kappa shape index (κ1) is 19.4. The Labute approximate surface area is 164 Å². The van der Waals surface area contributed by atoms with Crippen LogP contribution in [0.15, 0.2) is 60.8 Å². The van der Waals surface area contributed by atoms with Gasteiger partial charge in [-0.05, 0) is 31.5 Å². The minimum atomic E-state index is -0.281. The van der Waals surface area contributed by atoms with E-state index in [1.165, 1.54) is 11.8 Å². The Hall–Kier alpha value is -3.41. The van der Waals surface area contributed by atoms with E-state index in [2.05, 4.69) is 10.3 Å². The van der Waals surface area contributed by atoms with E-state index in [0.29, 0.717) is 12.5 Å². The molecule has 0 atom stereocenters. The first-order valence-corrected chi connectivity index (χ1v) is 9.25. The molecule has 3 rings (SSSR count). The first-order valence-electron chi connectivity index (χ1n) is 9.25. The number of hydrogen-bond donors (Lipinski definition) is 1. The van der Waals surface area contributed by atoms with Gasteiger partial charge in [-0.3, -0.25) is 19.5 Å². The van der Waals surface area contributed by atoms with E-state index >= 15 is 0 Å². The molecule has 0 radical (unpaired) electrons. The maximum Gasteiger partial charge on any atom is 0.246 e. The minimum Gasteiger partial charge on any atom is -0.334 e. The van der Waals surface area contributed by atoms with Gasteiger partial charge >= 0.3 is 0 Å². The third-order valence-corrected chi connectivity index (χ3v) is 4.47. The van der Waals surface area contributed by atoms with E-state index in [-0.39, 0.29) is 18.4 Å². The fourth-order valence-electron chi connectivity index (χ4n) is 2.97. The minimum absolute atomic E-state index is 0.00676. The fourth-order valence-corrected chi connectivity index (χ4v) is 2.97. The van der Waals surface area contributed by atoms with Crippen LogP contribution < -0.4 is 5.32 Å². The lowest BCUT2D eigenvalue weighted by Crippen LogP contribution is -2.36. The molecule has 144 valence electrons. The summed E-state index contributed by atoms with van der Waals surface area (Å²) in [6.07, 6.45) is 1.91. The van der Waals surface area contributed by atoms with Gasteiger partial charge in [-0.2, -0.15) is 0 Å². The van der Waals surface area contributed by atoms with Crippen molar-refractivity contribution in [1.82, 2.24) is 14.5 Å². The lowest BCUT2D eigenvalue weighted by atomic mass is 10.2. The summed E-state index contributed by atoms with van der Waals surface area (Å²) in [5, 5.41) is 2.86. The van der Waals surface area contributed by atoms with Crippen molar-refractivity contribution in [3.63, 3.8) is 0 Å². The maximum absolute atomic E-state index is 12.5. The summed E-state index contributed by atoms with van der Waals surface area (Å²) in [4.78, 5) is 30.2. The molecule has 6 heteroatoms. The zero-order valence-corrected chi connectivity index (χ0v) is 16.3. The Morgan fingerprint density at radius 3 is 2.50 bits per heavy atom. The number of likely N-dealkylation sites (N-methyl/N-ethyl adjacent to an activating group) is 1. The molecule has 28 heavy (non-hydrogen) atoms. The molecule has 0 aliphatic rings. The van der Waals surface area contributed by atoms with E-state index in [1.54, 1.807) is 0 Å². The Bertz CT molecular complexity index is 979. The summed E-state index contributed by atoms with van der Waals surface area (Å²) in [5.74, 6) is 0.00914. The van der Waals surface area contributed by atoms with Crippen LogP contribution in [-0.2, 0) is 9.59 Å². The van der Waals surface area contributed by atoms with Crippen LogP contribution in [0.4, 0.5) is 5.95 Å². The summed E-state index contributed by atoms with van der Waals surface area (Å²) >= 11 is 0. The Balaban J connectivity index is 1.95. The molecule has 2 aromatic carbocycles. The van der Waals surface area contributed by atoms with Gasteiger partial charge in [0.2, 0.25) is 17.8 Å². The van der Waals surface area contributed by atoms with Crippen LogP contribution in [0, 0.1) is 6.92 Å². The van der Waals surface area contributed by atoms with Crippen molar-refractivity contribution in [2.24, 2.45) is 0 Å². The first-order chi connectivity index (χ1) is 13.5. The van der Waals surface area contributed by atoms with Gasteiger partial charge in [0, 0.05) is 30.9 Å². The summed E-state index contributed by atoms with van der Waals surface area (Å²) in [6, 6.07) is 17.8. The van der Waals surface area contributed by atoms with Crippen molar-refractivity contribution in [2.45, 2.75) is 20.8 Å². The Morgan fingerprint density at radius 1 is 1.11 bits per heavy atom. The molecule has 0 saturated carbocycles. The standard InChI is InChI=1S/C22H24N4O2/c1-4-25(17(3)27)15-21(28)24-22-23-20(18-10-6-5-7-11-18)14-26(22)19-12-8-9-16(2)13-19/h5-14H,4,15H2,1-3H3,(H,23,24,28). The summed E-state index contributed by atoms with van der Waals surface area (Å²) in [7, 11) is 0. The van der Waals surface area contributed by atoms with Crippen molar-refractivity contribution in [2.75, 3.05) is 18.4 Å². The molecule has 0 aliphatic heterocycles. The highest BCUT2D eigenvalue weighted by molar-refractivity contribution is 5.93. The van der Waals surface area contributed by atoms with E-state index in [9.17, 15) is 9.59 Å². The second kappa shape index (κ2) is 8.52. The Kier molecular flexibility index (Phi) is 5.89. The summed E-state index contributed by atoms with van der Waals surface area (Å²) in [6.45, 7) is 5.79. The van der Waals surface area contributed by atoms with Crippen LogP contribution in [-0.4, -0.2) is 39.4 Å². The van der Waals surface area contributed by atoms with E-state index in [1.807, 2.05) is 79.2 Å². The molecular formula is C22H24N4O2. The number of carbonyl (C=O) groups is 2. The molecule has 0 fully saturated rings. The van der Waals surface area contributed by atoms with Crippen LogP contribution in [0.5, 0.6) is 0 Å². The predicted molar refractivity (Wildman–Crippen MR) is 110 cm³/mol. The van der Waals surface area contributed by atoms with Crippen molar-refractivity contribution in [3.05, 3.63) is 66.4 Å². The van der Waals surface area contributed by atoms with Gasteiger partial charge in [0.1, 0.15) is 0 Å². The normalized spacial score (nSPS) is 10.5. The highest BCUT2D eigenvalue weighted by Crippen LogP contribution is 2.24. The monoisotopic (exact) mass is 376 g/mol. The number of nitrogens with zero attached hydrogens (tertiary/aromatic N) is 3. The third-order valence-electron chi connectivity index (χ3n) is 4.47. The van der Waals surface area contributed by atoms with Crippen LogP contribution >= 0.6 is 0 Å². The van der Waals surface area contributed by atoms with Gasteiger partial charge < -0.3 is 4.90 Å². The molecule has 1 aromatic heterocycles. The van der Waals surface area contributed by atoms with E-state index in [0.717, 1.165) is 22.5 Å². The topological polar surface area (TPSA) is 67.2 Å². The van der Waals surface area contributed by atoms with Crippen molar-refractivity contribution >= 4 is 17.8 Å². The number of aryl methyl sites for hydroxylation is 1. The molecule has 0 aliphatic carbocycles. The molecule has 2 amide bonds. The number of carbonyl (C=O) groups excluding carboxylic acids is 2. The molecule has 0 unspecified atom stereocenters. The molecule has 3 aromatic rings. The number of amides is 2. The maximum atomic E-state index is 12.5. The van der Waals surface area contributed by atoms with Gasteiger partial charge in [-0.25, -0.2) is 4.98 Å². The quantitative estimate of drug-likeness (QED) is 0.714. The number of hydrogen-bond acceptors (Lipinski definition) is 3. The number of imidazole rings is 1. The molecule has 6 nitrogen and oxygen atoms in total. The molecule has 0 bridgehead atoms. The van der Waals surface area contributed by atoms with Gasteiger partial charge in [0.15, 0.2) is 0 Å². The van der Waals surface area contributed by atoms with Gasteiger partial charge in [-0.15, -0.1) is 0 Å². The fraction of sp³-hybridized carbons (Fsp3) is 0.227. The van der Waals surface area contributed by atoms with Crippen LogP contribution in [0.25, 0.3) is 16.9 Å². The molecular weight excluding hydrogens is 352 g/mol. The molecule has 0 spiro atoms. The summed E-state index contributed by atoms with van der Waals surface area (Å²) < 4.78 is 1.86.